The fraction of sp³-hybridized carbons (Fsp3) is 0.488. The van der Waals surface area contributed by atoms with Gasteiger partial charge < -0.3 is 34.6 Å². The van der Waals surface area contributed by atoms with Crippen LogP contribution in [0, 0.1) is 17.8 Å². The molecule has 4 aromatic rings. The molecule has 300 valence electrons. The number of fused-ring (bicyclic) bond motifs is 4. The molecule has 4 heterocycles. The number of methoxy groups -OCH3 is 2. The van der Waals surface area contributed by atoms with Gasteiger partial charge in [-0.2, -0.15) is 0 Å². The smallest absolute Gasteiger partial charge is 0.409 e. The second-order valence-electron chi connectivity index (χ2n) is 16.5. The molecule has 2 aromatic heterocycles. The Labute approximate surface area is 332 Å². The molecule has 8 rings (SSSR count). The summed E-state index contributed by atoms with van der Waals surface area (Å²) in [6.45, 7) is 5.60. The number of nitrogens with zero attached hydrogens (tertiary/aromatic N) is 5. The van der Waals surface area contributed by atoms with E-state index in [9.17, 15) is 19.2 Å². The monoisotopic (exact) mass is 776 g/mol. The van der Waals surface area contributed by atoms with Gasteiger partial charge in [0.1, 0.15) is 23.7 Å². The van der Waals surface area contributed by atoms with Crippen molar-refractivity contribution in [2.75, 3.05) is 21.3 Å². The quantitative estimate of drug-likeness (QED) is 0.160. The lowest BCUT2D eigenvalue weighted by Crippen LogP contribution is -2.54. The molecule has 4 aliphatic rings. The standard InChI is InChI=1S/C43H52N8O6/c1-23(2)35(48-42(54)56-5)41(53)51-32-18-16-30(20-32)37(51)39-45-22-34(47-39)28-13-9-26(10-14-28)25-7-11-27(12-8-25)33-21-44-38(46-33)36-29-15-17-31(19-29)50(36)40(52)24(3)49(4)43(55)57-6/h7-14,21-24,29-32,35-37H,15-20H2,1-6H3,(H,44,46)(H,45,47)(H,48,54)/t24-,29-,30-,31+,32+,35-,36-,37-/m0/s1. The third-order valence-corrected chi connectivity index (χ3v) is 12.9. The number of ether oxygens (including phenoxy) is 2. The van der Waals surface area contributed by atoms with Crippen molar-refractivity contribution >= 4 is 24.0 Å². The number of carbonyl (C=O) groups is 4. The maximum atomic E-state index is 13.9. The molecular weight excluding hydrogens is 725 g/mol. The van der Waals surface area contributed by atoms with Crippen molar-refractivity contribution in [1.82, 2.24) is 40.0 Å². The van der Waals surface area contributed by atoms with E-state index in [1.807, 2.05) is 36.0 Å². The van der Waals surface area contributed by atoms with Crippen LogP contribution in [-0.4, -0.2) is 104 Å². The van der Waals surface area contributed by atoms with Crippen molar-refractivity contribution in [3.63, 3.8) is 0 Å². The third kappa shape index (κ3) is 6.92. The lowest BCUT2D eigenvalue weighted by molar-refractivity contribution is -0.140. The van der Waals surface area contributed by atoms with Gasteiger partial charge in [0.25, 0.3) is 0 Å². The minimum absolute atomic E-state index is 0.0909. The van der Waals surface area contributed by atoms with Gasteiger partial charge in [0, 0.05) is 19.1 Å². The van der Waals surface area contributed by atoms with Crippen molar-refractivity contribution < 1.29 is 28.7 Å². The number of H-pyrrole nitrogens is 2. The zero-order valence-electron chi connectivity index (χ0n) is 33.4. The molecule has 2 aliphatic heterocycles. The Bertz CT molecular complexity index is 2130. The number of piperidine rings is 2. The summed E-state index contributed by atoms with van der Waals surface area (Å²) in [5, 5.41) is 2.75. The number of carbonyl (C=O) groups excluding carboxylic acids is 4. The molecule has 2 aromatic carbocycles. The topological polar surface area (TPSA) is 166 Å². The number of imidazole rings is 2. The van der Waals surface area contributed by atoms with Gasteiger partial charge in [-0.15, -0.1) is 0 Å². The second kappa shape index (κ2) is 15.4. The SMILES string of the molecule is COC(=O)N[C@H](C(=O)N1[C@@H]2CC[C@@H](C2)[C@H]1c1ncc(-c2ccc(-c3ccc(-c4cnc([C@@H]5[C@H]6CC[C@H](C6)N5C(=O)[C@H](C)N(C)C(=O)OC)[nH]4)cc3)cc2)[nH]1)C(C)C. The first-order valence-electron chi connectivity index (χ1n) is 20.1. The Morgan fingerprint density at radius 3 is 1.60 bits per heavy atom. The van der Waals surface area contributed by atoms with Crippen LogP contribution in [0.15, 0.2) is 60.9 Å². The predicted octanol–water partition coefficient (Wildman–Crippen LogP) is 6.71. The Morgan fingerprint density at radius 2 is 1.16 bits per heavy atom. The molecule has 2 saturated heterocycles. The van der Waals surface area contributed by atoms with Gasteiger partial charge in [0.2, 0.25) is 11.8 Å². The number of aromatic nitrogens is 4. The van der Waals surface area contributed by atoms with Crippen LogP contribution < -0.4 is 5.32 Å². The average Bonchev–Trinajstić information content (AvgIpc) is 4.10. The van der Waals surface area contributed by atoms with Gasteiger partial charge in [-0.1, -0.05) is 62.4 Å². The van der Waals surface area contributed by atoms with Crippen LogP contribution >= 0.6 is 0 Å². The molecule has 8 atom stereocenters. The van der Waals surface area contributed by atoms with E-state index >= 15 is 0 Å². The minimum atomic E-state index is -0.680. The van der Waals surface area contributed by atoms with Gasteiger partial charge >= 0.3 is 12.2 Å². The fourth-order valence-corrected chi connectivity index (χ4v) is 9.81. The van der Waals surface area contributed by atoms with Crippen molar-refractivity contribution in [2.24, 2.45) is 17.8 Å². The van der Waals surface area contributed by atoms with E-state index in [0.717, 1.165) is 83.8 Å². The van der Waals surface area contributed by atoms with Gasteiger partial charge in [-0.3, -0.25) is 14.5 Å². The van der Waals surface area contributed by atoms with Crippen LogP contribution in [0.25, 0.3) is 33.6 Å². The van der Waals surface area contributed by atoms with E-state index in [4.69, 9.17) is 19.4 Å². The molecule has 0 unspecified atom stereocenters. The molecule has 4 bridgehead atoms. The molecule has 2 saturated carbocycles. The summed E-state index contributed by atoms with van der Waals surface area (Å²) in [6, 6.07) is 15.3. The molecule has 4 fully saturated rings. The normalized spacial score (nSPS) is 24.5. The summed E-state index contributed by atoms with van der Waals surface area (Å²) in [7, 11) is 4.21. The molecule has 2 aliphatic carbocycles. The first-order chi connectivity index (χ1) is 27.5. The Kier molecular flexibility index (Phi) is 10.3. The number of aromatic amines is 2. The van der Waals surface area contributed by atoms with Gasteiger partial charge in [0.15, 0.2) is 0 Å². The summed E-state index contributed by atoms with van der Waals surface area (Å²) in [6.07, 6.45) is 8.40. The highest BCUT2D eigenvalue weighted by Gasteiger charge is 2.52. The Hall–Kier alpha value is -5.66. The molecule has 14 heteroatoms. The molecule has 14 nitrogen and oxygen atoms in total. The first kappa shape index (κ1) is 38.2. The number of rotatable bonds is 10. The molecule has 0 radical (unpaired) electrons. The lowest BCUT2D eigenvalue weighted by atomic mass is 9.95. The van der Waals surface area contributed by atoms with Crippen LogP contribution in [0.3, 0.4) is 0 Å². The lowest BCUT2D eigenvalue weighted by Gasteiger charge is -2.37. The van der Waals surface area contributed by atoms with E-state index in [1.165, 1.54) is 19.1 Å². The predicted molar refractivity (Wildman–Crippen MR) is 212 cm³/mol. The van der Waals surface area contributed by atoms with Crippen molar-refractivity contribution in [1.29, 1.82) is 0 Å². The van der Waals surface area contributed by atoms with E-state index in [1.54, 1.807) is 14.0 Å². The minimum Gasteiger partial charge on any atom is -0.453 e. The zero-order chi connectivity index (χ0) is 40.1. The Balaban J connectivity index is 0.949. The second-order valence-corrected chi connectivity index (χ2v) is 16.5. The maximum absolute atomic E-state index is 13.9. The number of amides is 4. The number of likely N-dealkylation sites (N-methyl/N-ethyl adjacent to an activating group) is 1. The van der Waals surface area contributed by atoms with Crippen LogP contribution in [-0.2, 0) is 19.1 Å². The van der Waals surface area contributed by atoms with Gasteiger partial charge in [0.05, 0.1) is 50.1 Å². The maximum Gasteiger partial charge on any atom is 0.409 e. The molecular formula is C43H52N8O6. The highest BCUT2D eigenvalue weighted by molar-refractivity contribution is 5.87. The Morgan fingerprint density at radius 1 is 0.702 bits per heavy atom. The highest BCUT2D eigenvalue weighted by Crippen LogP contribution is 2.51. The van der Waals surface area contributed by atoms with Gasteiger partial charge in [-0.25, -0.2) is 19.6 Å². The summed E-state index contributed by atoms with van der Waals surface area (Å²) in [4.78, 5) is 73.8. The van der Waals surface area contributed by atoms with Crippen molar-refractivity contribution in [3.05, 3.63) is 72.6 Å². The summed E-state index contributed by atoms with van der Waals surface area (Å²) in [5.74, 6) is 1.90. The molecule has 0 spiro atoms. The number of hydrogen-bond donors (Lipinski definition) is 3. The zero-order valence-corrected chi connectivity index (χ0v) is 33.4. The molecule has 4 amide bonds. The largest absolute Gasteiger partial charge is 0.453 e. The van der Waals surface area contributed by atoms with Crippen LogP contribution in [0.5, 0.6) is 0 Å². The van der Waals surface area contributed by atoms with Gasteiger partial charge in [-0.05, 0) is 85.5 Å². The molecule has 3 N–H and O–H groups in total. The summed E-state index contributed by atoms with van der Waals surface area (Å²) >= 11 is 0. The van der Waals surface area contributed by atoms with Crippen LogP contribution in [0.2, 0.25) is 0 Å². The number of nitrogens with one attached hydrogen (secondary N) is 3. The van der Waals surface area contributed by atoms with Crippen molar-refractivity contribution in [2.45, 2.75) is 95.5 Å². The third-order valence-electron chi connectivity index (χ3n) is 12.9. The first-order valence-corrected chi connectivity index (χ1v) is 20.1. The summed E-state index contributed by atoms with van der Waals surface area (Å²) < 4.78 is 9.68. The van der Waals surface area contributed by atoms with E-state index < -0.39 is 24.3 Å². The van der Waals surface area contributed by atoms with E-state index in [0.29, 0.717) is 11.8 Å². The summed E-state index contributed by atoms with van der Waals surface area (Å²) in [5.41, 5.74) is 5.89. The number of likely N-dealkylation sites (tertiary alicyclic amines) is 2. The van der Waals surface area contributed by atoms with E-state index in [2.05, 4.69) is 63.8 Å². The van der Waals surface area contributed by atoms with Crippen LogP contribution in [0.1, 0.15) is 83.0 Å². The number of benzene rings is 2. The fourth-order valence-electron chi connectivity index (χ4n) is 9.81. The average molecular weight is 777 g/mol. The van der Waals surface area contributed by atoms with E-state index in [-0.39, 0.29) is 41.9 Å². The number of alkyl carbamates (subject to hydrolysis) is 1. The highest BCUT2D eigenvalue weighted by atomic mass is 16.5. The van der Waals surface area contributed by atoms with Crippen molar-refractivity contribution in [3.8, 4) is 33.6 Å². The molecule has 57 heavy (non-hydrogen) atoms. The number of hydrogen-bond acceptors (Lipinski definition) is 8. The van der Waals surface area contributed by atoms with Crippen LogP contribution in [0.4, 0.5) is 9.59 Å².